The molecule has 1 amide bonds. The first-order valence-electron chi connectivity index (χ1n) is 9.60. The molecule has 0 saturated heterocycles. The summed E-state index contributed by atoms with van der Waals surface area (Å²) in [7, 11) is 1.63. The minimum atomic E-state index is -0.207. The summed E-state index contributed by atoms with van der Waals surface area (Å²) in [4.78, 5) is 16.6. The van der Waals surface area contributed by atoms with Gasteiger partial charge >= 0.3 is 0 Å². The SMILES string of the molecule is COc1ccc(CNC(=O)c2ccc(Nc3ccc(C(C)(C)C)cc3)cn2)cc1. The van der Waals surface area contributed by atoms with Crippen LogP contribution >= 0.6 is 0 Å². The average Bonchev–Trinajstić information content (AvgIpc) is 2.72. The molecule has 0 unspecified atom stereocenters. The van der Waals surface area contributed by atoms with Crippen LogP contribution in [0.1, 0.15) is 42.4 Å². The van der Waals surface area contributed by atoms with Gasteiger partial charge in [-0.1, -0.05) is 45.0 Å². The van der Waals surface area contributed by atoms with E-state index in [0.29, 0.717) is 12.2 Å². The molecule has 0 saturated carbocycles. The van der Waals surface area contributed by atoms with Gasteiger partial charge in [0, 0.05) is 12.2 Å². The summed E-state index contributed by atoms with van der Waals surface area (Å²) in [6.07, 6.45) is 1.67. The Morgan fingerprint density at radius 3 is 2.14 bits per heavy atom. The molecule has 29 heavy (non-hydrogen) atoms. The van der Waals surface area contributed by atoms with Crippen LogP contribution in [0.25, 0.3) is 0 Å². The maximum Gasteiger partial charge on any atom is 0.270 e. The van der Waals surface area contributed by atoms with Gasteiger partial charge in [-0.3, -0.25) is 4.79 Å². The van der Waals surface area contributed by atoms with Crippen LogP contribution in [0.2, 0.25) is 0 Å². The van der Waals surface area contributed by atoms with Crippen LogP contribution in [0.15, 0.2) is 66.9 Å². The third-order valence-electron chi connectivity index (χ3n) is 4.65. The van der Waals surface area contributed by atoms with Crippen molar-refractivity contribution in [2.75, 3.05) is 12.4 Å². The Morgan fingerprint density at radius 2 is 1.59 bits per heavy atom. The van der Waals surface area contributed by atoms with Gasteiger partial charge in [-0.15, -0.1) is 0 Å². The van der Waals surface area contributed by atoms with E-state index < -0.39 is 0 Å². The standard InChI is InChI=1S/C24H27N3O2/c1-24(2,3)18-7-9-19(10-8-18)27-20-11-14-22(25-16-20)23(28)26-15-17-5-12-21(29-4)13-6-17/h5-14,16,27H,15H2,1-4H3,(H,26,28). The molecule has 3 rings (SSSR count). The number of pyridine rings is 1. The summed E-state index contributed by atoms with van der Waals surface area (Å²) in [5.41, 5.74) is 4.60. The van der Waals surface area contributed by atoms with Crippen LogP contribution in [-0.2, 0) is 12.0 Å². The Morgan fingerprint density at radius 1 is 0.931 bits per heavy atom. The number of nitrogens with one attached hydrogen (secondary N) is 2. The lowest BCUT2D eigenvalue weighted by Gasteiger charge is -2.19. The van der Waals surface area contributed by atoms with Gasteiger partial charge in [-0.05, 0) is 52.9 Å². The van der Waals surface area contributed by atoms with E-state index in [1.807, 2.05) is 30.3 Å². The van der Waals surface area contributed by atoms with Crippen LogP contribution in [0, 0.1) is 0 Å². The molecule has 0 radical (unpaired) electrons. The largest absolute Gasteiger partial charge is 0.497 e. The van der Waals surface area contributed by atoms with E-state index in [9.17, 15) is 4.79 Å². The summed E-state index contributed by atoms with van der Waals surface area (Å²) in [6.45, 7) is 7.01. The highest BCUT2D eigenvalue weighted by Crippen LogP contribution is 2.24. The smallest absolute Gasteiger partial charge is 0.270 e. The zero-order valence-corrected chi connectivity index (χ0v) is 17.3. The Labute approximate surface area is 172 Å². The Bertz CT molecular complexity index is 941. The van der Waals surface area contributed by atoms with Gasteiger partial charge in [0.1, 0.15) is 11.4 Å². The Kier molecular flexibility index (Phi) is 6.17. The maximum atomic E-state index is 12.3. The van der Waals surface area contributed by atoms with Crippen molar-refractivity contribution in [1.29, 1.82) is 0 Å². The lowest BCUT2D eigenvalue weighted by atomic mass is 9.87. The van der Waals surface area contributed by atoms with E-state index in [-0.39, 0.29) is 11.3 Å². The second-order valence-corrected chi connectivity index (χ2v) is 7.92. The number of anilines is 2. The molecule has 5 heteroatoms. The summed E-state index contributed by atoms with van der Waals surface area (Å²) in [5, 5.41) is 6.19. The monoisotopic (exact) mass is 389 g/mol. The number of hydrogen-bond acceptors (Lipinski definition) is 4. The van der Waals surface area contributed by atoms with Gasteiger partial charge in [0.15, 0.2) is 0 Å². The van der Waals surface area contributed by atoms with E-state index in [0.717, 1.165) is 22.7 Å². The highest BCUT2D eigenvalue weighted by Gasteiger charge is 2.13. The van der Waals surface area contributed by atoms with Gasteiger partial charge in [0.25, 0.3) is 5.91 Å². The fourth-order valence-corrected chi connectivity index (χ4v) is 2.84. The van der Waals surface area contributed by atoms with E-state index in [4.69, 9.17) is 4.74 Å². The summed E-state index contributed by atoms with van der Waals surface area (Å²) < 4.78 is 5.14. The van der Waals surface area contributed by atoms with Crippen LogP contribution in [0.3, 0.4) is 0 Å². The van der Waals surface area contributed by atoms with Crippen LogP contribution in [0.5, 0.6) is 5.75 Å². The first kappa shape index (κ1) is 20.4. The number of aromatic nitrogens is 1. The molecular weight excluding hydrogens is 362 g/mol. The number of amides is 1. The van der Waals surface area contributed by atoms with Crippen molar-refractivity contribution in [1.82, 2.24) is 10.3 Å². The molecule has 150 valence electrons. The van der Waals surface area contributed by atoms with Gasteiger partial charge in [-0.25, -0.2) is 4.98 Å². The van der Waals surface area contributed by atoms with Gasteiger partial charge in [0.05, 0.1) is 19.0 Å². The number of nitrogens with zero attached hydrogens (tertiary/aromatic N) is 1. The molecule has 0 aliphatic heterocycles. The van der Waals surface area contributed by atoms with Crippen molar-refractivity contribution in [2.24, 2.45) is 0 Å². The first-order chi connectivity index (χ1) is 13.8. The second-order valence-electron chi connectivity index (χ2n) is 7.92. The van der Waals surface area contributed by atoms with Crippen LogP contribution < -0.4 is 15.4 Å². The molecule has 0 atom stereocenters. The van der Waals surface area contributed by atoms with Crippen molar-refractivity contribution in [3.63, 3.8) is 0 Å². The van der Waals surface area contributed by atoms with Crippen molar-refractivity contribution in [2.45, 2.75) is 32.7 Å². The highest BCUT2D eigenvalue weighted by atomic mass is 16.5. The molecule has 3 aromatic rings. The predicted octanol–water partition coefficient (Wildman–Crippen LogP) is 5.06. The van der Waals surface area contributed by atoms with E-state index in [1.165, 1.54) is 5.56 Å². The number of rotatable bonds is 6. The molecule has 0 spiro atoms. The lowest BCUT2D eigenvalue weighted by molar-refractivity contribution is 0.0946. The molecular formula is C24H27N3O2. The molecule has 1 heterocycles. The number of carbonyl (C=O) groups excluding carboxylic acids is 1. The fraction of sp³-hybridized carbons (Fsp3) is 0.250. The number of carbonyl (C=O) groups is 1. The Balaban J connectivity index is 1.56. The zero-order chi connectivity index (χ0) is 20.9. The second kappa shape index (κ2) is 8.78. The number of benzene rings is 2. The minimum Gasteiger partial charge on any atom is -0.497 e. The van der Waals surface area contributed by atoms with Gasteiger partial charge < -0.3 is 15.4 Å². The molecule has 5 nitrogen and oxygen atoms in total. The number of ether oxygens (including phenoxy) is 1. The van der Waals surface area contributed by atoms with Gasteiger partial charge in [0.2, 0.25) is 0 Å². The zero-order valence-electron chi connectivity index (χ0n) is 17.3. The quantitative estimate of drug-likeness (QED) is 0.618. The van der Waals surface area contributed by atoms with Gasteiger partial charge in [-0.2, -0.15) is 0 Å². The summed E-state index contributed by atoms with van der Waals surface area (Å²) in [6, 6.07) is 19.5. The van der Waals surface area contributed by atoms with Crippen molar-refractivity contribution < 1.29 is 9.53 Å². The van der Waals surface area contributed by atoms with Crippen molar-refractivity contribution >= 4 is 17.3 Å². The topological polar surface area (TPSA) is 63.2 Å². The predicted molar refractivity (Wildman–Crippen MR) is 117 cm³/mol. The molecule has 1 aromatic heterocycles. The average molecular weight is 389 g/mol. The molecule has 0 bridgehead atoms. The normalized spacial score (nSPS) is 11.0. The number of methoxy groups -OCH3 is 1. The van der Waals surface area contributed by atoms with Crippen molar-refractivity contribution in [3.8, 4) is 5.75 Å². The third kappa shape index (κ3) is 5.57. The molecule has 2 aromatic carbocycles. The third-order valence-corrected chi connectivity index (χ3v) is 4.65. The molecule has 0 aliphatic carbocycles. The Hall–Kier alpha value is -3.34. The van der Waals surface area contributed by atoms with E-state index in [2.05, 4.69) is 60.7 Å². The van der Waals surface area contributed by atoms with E-state index in [1.54, 1.807) is 19.4 Å². The fourth-order valence-electron chi connectivity index (χ4n) is 2.84. The van der Waals surface area contributed by atoms with Crippen LogP contribution in [0.4, 0.5) is 11.4 Å². The maximum absolute atomic E-state index is 12.3. The molecule has 0 aliphatic rings. The number of hydrogen-bond donors (Lipinski definition) is 2. The van der Waals surface area contributed by atoms with E-state index >= 15 is 0 Å². The first-order valence-corrected chi connectivity index (χ1v) is 9.60. The van der Waals surface area contributed by atoms with Crippen molar-refractivity contribution in [3.05, 3.63) is 83.7 Å². The van der Waals surface area contributed by atoms with Crippen LogP contribution in [-0.4, -0.2) is 18.0 Å². The molecule has 2 N–H and O–H groups in total. The summed E-state index contributed by atoms with van der Waals surface area (Å²) >= 11 is 0. The summed E-state index contributed by atoms with van der Waals surface area (Å²) in [5.74, 6) is 0.583. The minimum absolute atomic E-state index is 0.126. The lowest BCUT2D eigenvalue weighted by Crippen LogP contribution is -2.23. The molecule has 0 fully saturated rings. The highest BCUT2D eigenvalue weighted by molar-refractivity contribution is 5.92.